The van der Waals surface area contributed by atoms with Crippen LogP contribution in [0.25, 0.3) is 0 Å². The van der Waals surface area contributed by atoms with E-state index in [2.05, 4.69) is 33.0 Å². The van der Waals surface area contributed by atoms with Gasteiger partial charge in [0, 0.05) is 50.6 Å². The minimum absolute atomic E-state index is 0.181. The van der Waals surface area contributed by atoms with Crippen LogP contribution in [0.5, 0.6) is 17.2 Å². The number of anilines is 1. The van der Waals surface area contributed by atoms with Crippen molar-refractivity contribution in [2.75, 3.05) is 38.2 Å². The molecule has 30 heavy (non-hydrogen) atoms. The Morgan fingerprint density at radius 3 is 2.60 bits per heavy atom. The van der Waals surface area contributed by atoms with Crippen LogP contribution in [0.4, 0.5) is 5.82 Å². The van der Waals surface area contributed by atoms with E-state index in [0.717, 1.165) is 49.9 Å². The number of nitrogens with zero attached hydrogens (tertiary/aromatic N) is 3. The fourth-order valence-electron chi connectivity index (χ4n) is 3.68. The van der Waals surface area contributed by atoms with Crippen LogP contribution in [0, 0.1) is 0 Å². The molecule has 0 saturated carbocycles. The summed E-state index contributed by atoms with van der Waals surface area (Å²) in [4.78, 5) is 9.25. The van der Waals surface area contributed by atoms with Gasteiger partial charge >= 0.3 is 0 Å². The summed E-state index contributed by atoms with van der Waals surface area (Å²) in [6.07, 6.45) is 1.85. The minimum Gasteiger partial charge on any atom is -0.508 e. The Bertz CT molecular complexity index is 957. The second-order valence-corrected chi connectivity index (χ2v) is 7.38. The summed E-state index contributed by atoms with van der Waals surface area (Å²) in [6, 6.07) is 19.3. The summed E-state index contributed by atoms with van der Waals surface area (Å²) >= 11 is 0. The van der Waals surface area contributed by atoms with Crippen molar-refractivity contribution in [3.8, 4) is 17.2 Å². The Morgan fingerprint density at radius 1 is 0.967 bits per heavy atom. The van der Waals surface area contributed by atoms with Crippen molar-refractivity contribution in [3.63, 3.8) is 0 Å². The zero-order chi connectivity index (χ0) is 20.8. The highest BCUT2D eigenvalue weighted by molar-refractivity contribution is 5.40. The van der Waals surface area contributed by atoms with E-state index in [1.165, 1.54) is 5.56 Å². The molecule has 1 N–H and O–H groups in total. The smallest absolute Gasteiger partial charge is 0.129 e. The number of rotatable bonds is 7. The molecule has 2 aromatic carbocycles. The lowest BCUT2D eigenvalue weighted by Crippen LogP contribution is -2.46. The third-order valence-corrected chi connectivity index (χ3v) is 5.32. The molecule has 0 amide bonds. The molecule has 6 heteroatoms. The van der Waals surface area contributed by atoms with E-state index >= 15 is 0 Å². The first-order valence-electron chi connectivity index (χ1n) is 10.2. The predicted octanol–water partition coefficient (Wildman–Crippen LogP) is 3.70. The van der Waals surface area contributed by atoms with Crippen molar-refractivity contribution in [1.82, 2.24) is 9.88 Å². The Balaban J connectivity index is 1.32. The van der Waals surface area contributed by atoms with Gasteiger partial charge in [-0.05, 0) is 42.0 Å². The van der Waals surface area contributed by atoms with Gasteiger partial charge in [-0.15, -0.1) is 0 Å². The van der Waals surface area contributed by atoms with Crippen molar-refractivity contribution < 1.29 is 14.6 Å². The van der Waals surface area contributed by atoms with E-state index in [4.69, 9.17) is 9.47 Å². The van der Waals surface area contributed by atoms with Crippen molar-refractivity contribution in [2.45, 2.75) is 13.2 Å². The third kappa shape index (κ3) is 5.02. The molecule has 0 bridgehead atoms. The number of benzene rings is 2. The molecular weight excluding hydrogens is 378 g/mol. The second-order valence-electron chi connectivity index (χ2n) is 7.38. The van der Waals surface area contributed by atoms with E-state index in [1.807, 2.05) is 36.5 Å². The Labute approximate surface area is 177 Å². The third-order valence-electron chi connectivity index (χ3n) is 5.32. The highest BCUT2D eigenvalue weighted by Crippen LogP contribution is 2.25. The maximum Gasteiger partial charge on any atom is 0.129 e. The summed E-state index contributed by atoms with van der Waals surface area (Å²) in [5.74, 6) is 2.68. The molecule has 1 aliphatic heterocycles. The maximum absolute atomic E-state index is 9.60. The predicted molar refractivity (Wildman–Crippen MR) is 117 cm³/mol. The molecule has 1 aromatic heterocycles. The van der Waals surface area contributed by atoms with Gasteiger partial charge in [-0.3, -0.25) is 4.90 Å². The fraction of sp³-hybridized carbons (Fsp3) is 0.292. The van der Waals surface area contributed by atoms with E-state index in [-0.39, 0.29) is 5.75 Å². The second kappa shape index (κ2) is 9.50. The number of ether oxygens (including phenoxy) is 2. The highest BCUT2D eigenvalue weighted by atomic mass is 16.5. The zero-order valence-corrected chi connectivity index (χ0v) is 17.2. The quantitative estimate of drug-likeness (QED) is 0.647. The largest absolute Gasteiger partial charge is 0.508 e. The van der Waals surface area contributed by atoms with Crippen molar-refractivity contribution in [3.05, 3.63) is 78.0 Å². The van der Waals surface area contributed by atoms with Gasteiger partial charge in [0.05, 0.1) is 7.11 Å². The summed E-state index contributed by atoms with van der Waals surface area (Å²) in [5.41, 5.74) is 2.13. The molecule has 4 rings (SSSR count). The first-order valence-corrected chi connectivity index (χ1v) is 10.2. The van der Waals surface area contributed by atoms with Gasteiger partial charge in [0.15, 0.2) is 0 Å². The summed E-state index contributed by atoms with van der Waals surface area (Å²) in [7, 11) is 1.59. The minimum atomic E-state index is 0.181. The highest BCUT2D eigenvalue weighted by Gasteiger charge is 2.18. The Kier molecular flexibility index (Phi) is 6.35. The van der Waals surface area contributed by atoms with E-state index < -0.39 is 0 Å². The van der Waals surface area contributed by atoms with Crippen LogP contribution in [-0.4, -0.2) is 48.3 Å². The number of phenolic OH excluding ortho intramolecular Hbond substituents is 1. The number of piperazine rings is 1. The maximum atomic E-state index is 9.60. The molecule has 3 aromatic rings. The number of hydrogen-bond acceptors (Lipinski definition) is 6. The number of aromatic nitrogens is 1. The molecule has 0 unspecified atom stereocenters. The number of phenols is 1. The van der Waals surface area contributed by atoms with Crippen LogP contribution in [0.1, 0.15) is 11.1 Å². The van der Waals surface area contributed by atoms with Gasteiger partial charge in [0.2, 0.25) is 0 Å². The van der Waals surface area contributed by atoms with Gasteiger partial charge in [-0.25, -0.2) is 4.98 Å². The molecular formula is C24H27N3O3. The Hall–Kier alpha value is -3.25. The van der Waals surface area contributed by atoms with Crippen LogP contribution in [0.15, 0.2) is 66.9 Å². The standard InChI is InChI=1S/C24H27N3O3/c1-29-23-16-21(28)9-8-20(23)18-30-22-6-4-5-19(15-22)17-26-11-13-27(14-12-26)24-7-2-3-10-25-24/h2-10,15-16,28H,11-14,17-18H2,1H3. The number of pyridine rings is 1. The van der Waals surface area contributed by atoms with Crippen molar-refractivity contribution in [2.24, 2.45) is 0 Å². The van der Waals surface area contributed by atoms with Gasteiger partial charge in [-0.1, -0.05) is 18.2 Å². The number of hydrogen-bond donors (Lipinski definition) is 1. The van der Waals surface area contributed by atoms with Crippen molar-refractivity contribution in [1.29, 1.82) is 0 Å². The summed E-state index contributed by atoms with van der Waals surface area (Å²) < 4.78 is 11.3. The van der Waals surface area contributed by atoms with E-state index in [9.17, 15) is 5.11 Å². The first-order chi connectivity index (χ1) is 14.7. The first kappa shape index (κ1) is 20.0. The summed E-state index contributed by atoms with van der Waals surface area (Å²) in [5, 5.41) is 9.60. The molecule has 156 valence electrons. The van der Waals surface area contributed by atoms with Crippen LogP contribution in [0.2, 0.25) is 0 Å². The number of aromatic hydroxyl groups is 1. The zero-order valence-electron chi connectivity index (χ0n) is 17.2. The Morgan fingerprint density at radius 2 is 1.83 bits per heavy atom. The van der Waals surface area contributed by atoms with Gasteiger partial charge in [0.25, 0.3) is 0 Å². The lowest BCUT2D eigenvalue weighted by Gasteiger charge is -2.35. The van der Waals surface area contributed by atoms with Gasteiger partial charge in [0.1, 0.15) is 29.7 Å². The molecule has 2 heterocycles. The molecule has 0 atom stereocenters. The lowest BCUT2D eigenvalue weighted by atomic mass is 10.1. The summed E-state index contributed by atoms with van der Waals surface area (Å²) in [6.45, 7) is 5.26. The molecule has 0 spiro atoms. The topological polar surface area (TPSA) is 58.1 Å². The normalized spacial score (nSPS) is 14.5. The monoisotopic (exact) mass is 405 g/mol. The average molecular weight is 405 g/mol. The molecule has 0 aliphatic carbocycles. The lowest BCUT2D eigenvalue weighted by molar-refractivity contribution is 0.248. The van der Waals surface area contributed by atoms with Crippen LogP contribution >= 0.6 is 0 Å². The van der Waals surface area contributed by atoms with E-state index in [0.29, 0.717) is 12.4 Å². The van der Waals surface area contributed by atoms with Crippen molar-refractivity contribution >= 4 is 5.82 Å². The average Bonchev–Trinajstić information content (AvgIpc) is 2.79. The fourth-order valence-corrected chi connectivity index (χ4v) is 3.68. The molecule has 0 radical (unpaired) electrons. The van der Waals surface area contributed by atoms with Gasteiger partial charge in [-0.2, -0.15) is 0 Å². The molecule has 1 aliphatic rings. The molecule has 1 saturated heterocycles. The van der Waals surface area contributed by atoms with Crippen LogP contribution < -0.4 is 14.4 Å². The molecule has 1 fully saturated rings. The molecule has 6 nitrogen and oxygen atoms in total. The number of methoxy groups -OCH3 is 1. The van der Waals surface area contributed by atoms with Crippen LogP contribution in [0.3, 0.4) is 0 Å². The van der Waals surface area contributed by atoms with E-state index in [1.54, 1.807) is 19.2 Å². The van der Waals surface area contributed by atoms with Gasteiger partial charge < -0.3 is 19.5 Å². The SMILES string of the molecule is COc1cc(O)ccc1COc1cccc(CN2CCN(c3ccccn3)CC2)c1. The van der Waals surface area contributed by atoms with Crippen LogP contribution in [-0.2, 0) is 13.2 Å².